The second-order valence-corrected chi connectivity index (χ2v) is 4.78. The summed E-state index contributed by atoms with van der Waals surface area (Å²) in [6.45, 7) is 0.652. The first kappa shape index (κ1) is 14.8. The molecule has 1 aromatic carbocycles. The van der Waals surface area contributed by atoms with E-state index in [0.717, 1.165) is 12.0 Å². The Balaban J connectivity index is 1.77. The molecule has 5 heteroatoms. The Hall–Kier alpha value is -2.56. The van der Waals surface area contributed by atoms with E-state index in [4.69, 9.17) is 10.5 Å². The van der Waals surface area contributed by atoms with E-state index in [0.29, 0.717) is 18.0 Å². The SMILES string of the molecule is CN(CCc1ccncc1)C(=O)COc1cccc(N)c1. The summed E-state index contributed by atoms with van der Waals surface area (Å²) in [5.74, 6) is 0.539. The minimum atomic E-state index is -0.0634. The van der Waals surface area contributed by atoms with Crippen molar-refractivity contribution in [3.63, 3.8) is 0 Å². The van der Waals surface area contributed by atoms with Crippen LogP contribution in [0.4, 0.5) is 5.69 Å². The minimum absolute atomic E-state index is 0.0102. The van der Waals surface area contributed by atoms with Crippen LogP contribution in [0, 0.1) is 0 Å². The molecule has 0 atom stereocenters. The van der Waals surface area contributed by atoms with Crippen LogP contribution >= 0.6 is 0 Å². The summed E-state index contributed by atoms with van der Waals surface area (Å²) in [4.78, 5) is 17.6. The average Bonchev–Trinajstić information content (AvgIpc) is 2.51. The van der Waals surface area contributed by atoms with Gasteiger partial charge in [-0.05, 0) is 36.2 Å². The zero-order chi connectivity index (χ0) is 15.1. The van der Waals surface area contributed by atoms with Gasteiger partial charge in [0.15, 0.2) is 6.61 Å². The molecule has 5 nitrogen and oxygen atoms in total. The fourth-order valence-corrected chi connectivity index (χ4v) is 1.83. The van der Waals surface area contributed by atoms with E-state index >= 15 is 0 Å². The lowest BCUT2D eigenvalue weighted by atomic mass is 10.2. The van der Waals surface area contributed by atoms with Crippen molar-refractivity contribution >= 4 is 11.6 Å². The number of benzene rings is 1. The van der Waals surface area contributed by atoms with Gasteiger partial charge in [-0.3, -0.25) is 9.78 Å². The number of aromatic nitrogens is 1. The largest absolute Gasteiger partial charge is 0.484 e. The molecule has 2 aromatic rings. The maximum absolute atomic E-state index is 12.0. The molecule has 0 aliphatic heterocycles. The van der Waals surface area contributed by atoms with E-state index in [1.807, 2.05) is 12.1 Å². The molecule has 0 aliphatic carbocycles. The molecule has 1 heterocycles. The van der Waals surface area contributed by atoms with Crippen molar-refractivity contribution in [2.45, 2.75) is 6.42 Å². The van der Waals surface area contributed by atoms with Crippen LogP contribution in [-0.2, 0) is 11.2 Å². The summed E-state index contributed by atoms with van der Waals surface area (Å²) < 4.78 is 5.44. The normalized spacial score (nSPS) is 10.1. The van der Waals surface area contributed by atoms with Crippen molar-refractivity contribution < 1.29 is 9.53 Å². The third kappa shape index (κ3) is 4.80. The first-order valence-corrected chi connectivity index (χ1v) is 6.76. The van der Waals surface area contributed by atoms with Gasteiger partial charge in [-0.15, -0.1) is 0 Å². The van der Waals surface area contributed by atoms with Crippen LogP contribution in [0.2, 0.25) is 0 Å². The fourth-order valence-electron chi connectivity index (χ4n) is 1.83. The number of carbonyl (C=O) groups is 1. The van der Waals surface area contributed by atoms with E-state index in [2.05, 4.69) is 4.98 Å². The lowest BCUT2D eigenvalue weighted by molar-refractivity contribution is -0.132. The van der Waals surface area contributed by atoms with E-state index in [1.165, 1.54) is 0 Å². The molecule has 0 bridgehead atoms. The number of nitrogen functional groups attached to an aromatic ring is 1. The van der Waals surface area contributed by atoms with Crippen molar-refractivity contribution in [3.8, 4) is 5.75 Å². The highest BCUT2D eigenvalue weighted by Crippen LogP contribution is 2.14. The number of hydrogen-bond acceptors (Lipinski definition) is 4. The van der Waals surface area contributed by atoms with Gasteiger partial charge in [-0.1, -0.05) is 6.07 Å². The number of rotatable bonds is 6. The van der Waals surface area contributed by atoms with Crippen LogP contribution in [0.5, 0.6) is 5.75 Å². The molecule has 1 amide bonds. The fraction of sp³-hybridized carbons (Fsp3) is 0.250. The summed E-state index contributed by atoms with van der Waals surface area (Å²) in [6, 6.07) is 10.9. The van der Waals surface area contributed by atoms with Gasteiger partial charge in [0.25, 0.3) is 5.91 Å². The maximum atomic E-state index is 12.0. The van der Waals surface area contributed by atoms with Crippen molar-refractivity contribution in [2.75, 3.05) is 25.9 Å². The number of carbonyl (C=O) groups excluding carboxylic acids is 1. The summed E-state index contributed by atoms with van der Waals surface area (Å²) in [7, 11) is 1.77. The van der Waals surface area contributed by atoms with Crippen molar-refractivity contribution in [3.05, 3.63) is 54.4 Å². The highest BCUT2D eigenvalue weighted by atomic mass is 16.5. The summed E-state index contributed by atoms with van der Waals surface area (Å²) in [5, 5.41) is 0. The predicted molar refractivity (Wildman–Crippen MR) is 81.9 cm³/mol. The van der Waals surface area contributed by atoms with Crippen LogP contribution in [0.3, 0.4) is 0 Å². The number of pyridine rings is 1. The number of hydrogen-bond donors (Lipinski definition) is 1. The van der Waals surface area contributed by atoms with Crippen molar-refractivity contribution in [1.82, 2.24) is 9.88 Å². The van der Waals surface area contributed by atoms with Crippen molar-refractivity contribution in [2.24, 2.45) is 0 Å². The molecule has 2 N–H and O–H groups in total. The predicted octanol–water partition coefficient (Wildman–Crippen LogP) is 1.74. The van der Waals surface area contributed by atoms with Gasteiger partial charge in [0, 0.05) is 37.7 Å². The lowest BCUT2D eigenvalue weighted by Gasteiger charge is -2.17. The number of ether oxygens (including phenoxy) is 1. The highest BCUT2D eigenvalue weighted by molar-refractivity contribution is 5.77. The first-order chi connectivity index (χ1) is 10.1. The second kappa shape index (κ2) is 7.28. The molecule has 0 saturated heterocycles. The van der Waals surface area contributed by atoms with Gasteiger partial charge in [0.1, 0.15) is 5.75 Å². The van der Waals surface area contributed by atoms with Gasteiger partial charge in [0.05, 0.1) is 0 Å². The number of likely N-dealkylation sites (N-methyl/N-ethyl adjacent to an activating group) is 1. The summed E-state index contributed by atoms with van der Waals surface area (Å²) in [6.07, 6.45) is 4.29. The zero-order valence-electron chi connectivity index (χ0n) is 12.0. The van der Waals surface area contributed by atoms with Gasteiger partial charge < -0.3 is 15.4 Å². The summed E-state index contributed by atoms with van der Waals surface area (Å²) in [5.41, 5.74) is 7.43. The van der Waals surface area contributed by atoms with E-state index in [9.17, 15) is 4.79 Å². The van der Waals surface area contributed by atoms with E-state index in [-0.39, 0.29) is 12.5 Å². The van der Waals surface area contributed by atoms with Gasteiger partial charge in [0.2, 0.25) is 0 Å². The number of nitrogens with two attached hydrogens (primary N) is 1. The molecular formula is C16H19N3O2. The van der Waals surface area contributed by atoms with Crippen LogP contribution in [0.15, 0.2) is 48.8 Å². The topological polar surface area (TPSA) is 68.5 Å². The average molecular weight is 285 g/mol. The van der Waals surface area contributed by atoms with E-state index in [1.54, 1.807) is 48.6 Å². The Morgan fingerprint density at radius 1 is 1.29 bits per heavy atom. The smallest absolute Gasteiger partial charge is 0.260 e. The Bertz CT molecular complexity index is 587. The molecular weight excluding hydrogens is 266 g/mol. The monoisotopic (exact) mass is 285 g/mol. The molecule has 0 spiro atoms. The van der Waals surface area contributed by atoms with Gasteiger partial charge in [-0.2, -0.15) is 0 Å². The minimum Gasteiger partial charge on any atom is -0.484 e. The summed E-state index contributed by atoms with van der Waals surface area (Å²) >= 11 is 0. The second-order valence-electron chi connectivity index (χ2n) is 4.78. The third-order valence-electron chi connectivity index (χ3n) is 3.13. The molecule has 0 aliphatic rings. The zero-order valence-corrected chi connectivity index (χ0v) is 12.0. The first-order valence-electron chi connectivity index (χ1n) is 6.76. The van der Waals surface area contributed by atoms with Crippen LogP contribution in [-0.4, -0.2) is 36.0 Å². The van der Waals surface area contributed by atoms with Crippen LogP contribution < -0.4 is 10.5 Å². The molecule has 0 saturated carbocycles. The molecule has 2 rings (SSSR count). The number of nitrogens with zero attached hydrogens (tertiary/aromatic N) is 2. The molecule has 1 aromatic heterocycles. The Kier molecular flexibility index (Phi) is 5.15. The van der Waals surface area contributed by atoms with Crippen LogP contribution in [0.1, 0.15) is 5.56 Å². The quantitative estimate of drug-likeness (QED) is 0.821. The van der Waals surface area contributed by atoms with Gasteiger partial charge >= 0.3 is 0 Å². The maximum Gasteiger partial charge on any atom is 0.260 e. The standard InChI is InChI=1S/C16H19N3O2/c1-19(10-7-13-5-8-18-9-6-13)16(20)12-21-15-4-2-3-14(17)11-15/h2-6,8-9,11H,7,10,12,17H2,1H3. The number of amides is 1. The van der Waals surface area contributed by atoms with Crippen molar-refractivity contribution in [1.29, 1.82) is 0 Å². The highest BCUT2D eigenvalue weighted by Gasteiger charge is 2.09. The molecule has 0 unspecified atom stereocenters. The molecule has 110 valence electrons. The van der Waals surface area contributed by atoms with E-state index < -0.39 is 0 Å². The third-order valence-corrected chi connectivity index (χ3v) is 3.13. The Morgan fingerprint density at radius 2 is 2.05 bits per heavy atom. The van der Waals surface area contributed by atoms with Crippen LogP contribution in [0.25, 0.3) is 0 Å². The molecule has 0 fully saturated rings. The Labute approximate surface area is 124 Å². The Morgan fingerprint density at radius 3 is 2.76 bits per heavy atom. The molecule has 0 radical (unpaired) electrons. The molecule has 21 heavy (non-hydrogen) atoms. The number of anilines is 1. The lowest BCUT2D eigenvalue weighted by Crippen LogP contribution is -2.33. The van der Waals surface area contributed by atoms with Gasteiger partial charge in [-0.25, -0.2) is 0 Å².